The third kappa shape index (κ3) is 2.36. The molecule has 1 N–H and O–H groups in total. The van der Waals surface area contributed by atoms with Crippen LogP contribution in [0.5, 0.6) is 5.75 Å². The summed E-state index contributed by atoms with van der Waals surface area (Å²) in [6, 6.07) is 8.06. The first-order valence-electron chi connectivity index (χ1n) is 6.12. The maximum Gasteiger partial charge on any atom is 0.132 e. The highest BCUT2D eigenvalue weighted by molar-refractivity contribution is 8.03. The molecule has 0 saturated carbocycles. The summed E-state index contributed by atoms with van der Waals surface area (Å²) in [5.41, 5.74) is 2.32. The molecule has 1 aromatic carbocycles. The van der Waals surface area contributed by atoms with E-state index in [4.69, 9.17) is 4.74 Å². The Morgan fingerprint density at radius 2 is 2.11 bits per heavy atom. The summed E-state index contributed by atoms with van der Waals surface area (Å²) < 4.78 is 5.16. The van der Waals surface area contributed by atoms with Crippen molar-refractivity contribution in [2.75, 3.05) is 12.9 Å². The van der Waals surface area contributed by atoms with Gasteiger partial charge in [0.05, 0.1) is 17.7 Å². The Morgan fingerprint density at radius 1 is 1.32 bits per heavy atom. The predicted octanol–water partition coefficient (Wildman–Crippen LogP) is 3.42. The van der Waals surface area contributed by atoms with Crippen LogP contribution in [0.2, 0.25) is 0 Å². The van der Waals surface area contributed by atoms with E-state index in [1.807, 2.05) is 18.3 Å². The molecule has 0 amide bonds. The lowest BCUT2D eigenvalue weighted by Gasteiger charge is -2.26. The monoisotopic (exact) mass is 273 g/mol. The Bertz CT molecular complexity index is 572. The number of hydrogen-bond donors (Lipinski definition) is 1. The van der Waals surface area contributed by atoms with Crippen molar-refractivity contribution in [3.05, 3.63) is 64.5 Å². The number of thioether (sulfide) groups is 1. The highest BCUT2D eigenvalue weighted by Gasteiger charge is 2.23. The average molecular weight is 273 g/mol. The summed E-state index contributed by atoms with van der Waals surface area (Å²) in [6.45, 7) is 0.795. The van der Waals surface area contributed by atoms with Crippen molar-refractivity contribution in [3.63, 3.8) is 0 Å². The van der Waals surface area contributed by atoms with Gasteiger partial charge in [0.2, 0.25) is 0 Å². The molecule has 0 radical (unpaired) electrons. The van der Waals surface area contributed by atoms with Crippen molar-refractivity contribution in [2.24, 2.45) is 0 Å². The van der Waals surface area contributed by atoms with Gasteiger partial charge in [0.1, 0.15) is 11.5 Å². The van der Waals surface area contributed by atoms with Crippen LogP contribution in [-0.2, 0) is 6.54 Å². The maximum absolute atomic E-state index is 9.82. The van der Waals surface area contributed by atoms with Crippen molar-refractivity contribution < 1.29 is 9.84 Å². The fourth-order valence-corrected chi connectivity index (χ4v) is 3.18. The highest BCUT2D eigenvalue weighted by Crippen LogP contribution is 2.38. The van der Waals surface area contributed by atoms with Gasteiger partial charge in [-0.25, -0.2) is 0 Å². The van der Waals surface area contributed by atoms with E-state index in [1.165, 1.54) is 5.56 Å². The van der Waals surface area contributed by atoms with Gasteiger partial charge in [-0.3, -0.25) is 0 Å². The van der Waals surface area contributed by atoms with Crippen LogP contribution in [-0.4, -0.2) is 22.9 Å². The van der Waals surface area contributed by atoms with Crippen LogP contribution >= 0.6 is 11.8 Å². The number of benzene rings is 1. The van der Waals surface area contributed by atoms with Crippen LogP contribution in [0.25, 0.3) is 0 Å². The van der Waals surface area contributed by atoms with Crippen molar-refractivity contribution in [1.82, 2.24) is 4.90 Å². The second kappa shape index (κ2) is 5.05. The summed E-state index contributed by atoms with van der Waals surface area (Å²) in [7, 11) is 1.67. The molecule has 0 saturated heterocycles. The molecular formula is C15H15NO2S. The van der Waals surface area contributed by atoms with Gasteiger partial charge in [-0.2, -0.15) is 0 Å². The lowest BCUT2D eigenvalue weighted by molar-refractivity contribution is 0.401. The number of aliphatic hydroxyl groups excluding tert-OH is 1. The SMILES string of the molecule is COc1ccc(CN2C=CC(O)=C3SCC=C32)cc1. The third-order valence-corrected chi connectivity index (χ3v) is 4.24. The number of aliphatic hydroxyl groups is 1. The quantitative estimate of drug-likeness (QED) is 0.914. The van der Waals surface area contributed by atoms with Crippen LogP contribution in [0.4, 0.5) is 0 Å². The Hall–Kier alpha value is -1.81. The second-order valence-electron chi connectivity index (χ2n) is 4.41. The molecule has 98 valence electrons. The second-order valence-corrected chi connectivity index (χ2v) is 5.44. The Morgan fingerprint density at radius 3 is 2.84 bits per heavy atom. The van der Waals surface area contributed by atoms with E-state index in [1.54, 1.807) is 24.9 Å². The first-order chi connectivity index (χ1) is 9.28. The minimum Gasteiger partial charge on any atom is -0.507 e. The van der Waals surface area contributed by atoms with Crippen LogP contribution in [0.1, 0.15) is 5.56 Å². The fraction of sp³-hybridized carbons (Fsp3) is 0.200. The molecule has 1 aromatic rings. The van der Waals surface area contributed by atoms with Gasteiger partial charge < -0.3 is 14.7 Å². The average Bonchev–Trinajstić information content (AvgIpc) is 2.93. The highest BCUT2D eigenvalue weighted by atomic mass is 32.2. The molecule has 2 heterocycles. The summed E-state index contributed by atoms with van der Waals surface area (Å²) in [5.74, 6) is 2.17. The number of rotatable bonds is 3. The van der Waals surface area contributed by atoms with Crippen molar-refractivity contribution in [1.29, 1.82) is 0 Å². The molecule has 19 heavy (non-hydrogen) atoms. The number of hydrogen-bond acceptors (Lipinski definition) is 4. The van der Waals surface area contributed by atoms with Gasteiger partial charge in [-0.05, 0) is 29.8 Å². The van der Waals surface area contributed by atoms with Crippen molar-refractivity contribution in [3.8, 4) is 5.75 Å². The molecule has 0 fully saturated rings. The Kier molecular flexibility index (Phi) is 3.25. The van der Waals surface area contributed by atoms with Crippen LogP contribution in [0.15, 0.2) is 59.0 Å². The Labute approximate surface area is 116 Å². The zero-order chi connectivity index (χ0) is 13.2. The summed E-state index contributed by atoms with van der Waals surface area (Å²) in [5, 5.41) is 9.82. The van der Waals surface area contributed by atoms with Crippen molar-refractivity contribution in [2.45, 2.75) is 6.54 Å². The van der Waals surface area contributed by atoms with Crippen LogP contribution in [0.3, 0.4) is 0 Å². The van der Waals surface area contributed by atoms with E-state index in [-0.39, 0.29) is 0 Å². The molecule has 3 rings (SSSR count). The predicted molar refractivity (Wildman–Crippen MR) is 77.9 cm³/mol. The smallest absolute Gasteiger partial charge is 0.132 e. The lowest BCUT2D eigenvalue weighted by atomic mass is 10.1. The van der Waals surface area contributed by atoms with E-state index < -0.39 is 0 Å². The van der Waals surface area contributed by atoms with E-state index >= 15 is 0 Å². The number of ether oxygens (including phenoxy) is 1. The first-order valence-corrected chi connectivity index (χ1v) is 7.11. The summed E-state index contributed by atoms with van der Waals surface area (Å²) >= 11 is 1.68. The van der Waals surface area contributed by atoms with Gasteiger partial charge in [-0.1, -0.05) is 12.1 Å². The molecule has 3 nitrogen and oxygen atoms in total. The maximum atomic E-state index is 9.82. The fourth-order valence-electron chi connectivity index (χ4n) is 2.21. The van der Waals surface area contributed by atoms with Gasteiger partial charge in [0.25, 0.3) is 0 Å². The number of allylic oxidation sites excluding steroid dienone is 1. The first kappa shape index (κ1) is 12.2. The van der Waals surface area contributed by atoms with Gasteiger partial charge in [-0.15, -0.1) is 11.8 Å². The largest absolute Gasteiger partial charge is 0.507 e. The van der Waals surface area contributed by atoms with E-state index in [2.05, 4.69) is 23.1 Å². The molecule has 0 aliphatic carbocycles. The summed E-state index contributed by atoms with van der Waals surface area (Å²) in [4.78, 5) is 3.15. The standard InChI is InChI=1S/C15H15NO2S/c1-18-12-4-2-11(3-5-12)10-16-8-6-14(17)15-13(16)7-9-19-15/h2-8,17H,9-10H2,1H3. The van der Waals surface area contributed by atoms with Gasteiger partial charge in [0.15, 0.2) is 0 Å². The lowest BCUT2D eigenvalue weighted by Crippen LogP contribution is -2.19. The molecule has 2 aliphatic rings. The number of fused-ring (bicyclic) bond motifs is 1. The van der Waals surface area contributed by atoms with Gasteiger partial charge in [0, 0.05) is 18.5 Å². The van der Waals surface area contributed by atoms with Gasteiger partial charge >= 0.3 is 0 Å². The molecule has 0 atom stereocenters. The topological polar surface area (TPSA) is 32.7 Å². The number of methoxy groups -OCH3 is 1. The molecule has 4 heteroatoms. The minimum absolute atomic E-state index is 0.375. The van der Waals surface area contributed by atoms with E-state index in [0.29, 0.717) is 5.76 Å². The molecule has 0 unspecified atom stereocenters. The zero-order valence-electron chi connectivity index (χ0n) is 10.7. The molecule has 0 aromatic heterocycles. The number of nitrogens with zero attached hydrogens (tertiary/aromatic N) is 1. The molecule has 2 aliphatic heterocycles. The molecular weight excluding hydrogens is 258 g/mol. The zero-order valence-corrected chi connectivity index (χ0v) is 11.5. The third-order valence-electron chi connectivity index (χ3n) is 3.20. The Balaban J connectivity index is 1.79. The summed E-state index contributed by atoms with van der Waals surface area (Å²) in [6.07, 6.45) is 5.85. The minimum atomic E-state index is 0.375. The van der Waals surface area contributed by atoms with Crippen LogP contribution < -0.4 is 4.74 Å². The van der Waals surface area contributed by atoms with Crippen molar-refractivity contribution >= 4 is 11.8 Å². The van der Waals surface area contributed by atoms with E-state index in [9.17, 15) is 5.11 Å². The van der Waals surface area contributed by atoms with E-state index in [0.717, 1.165) is 28.6 Å². The van der Waals surface area contributed by atoms with Crippen LogP contribution in [0, 0.1) is 0 Å². The molecule has 0 spiro atoms. The molecule has 0 bridgehead atoms. The normalized spacial score (nSPS) is 17.5.